The van der Waals surface area contributed by atoms with Gasteiger partial charge in [0, 0.05) is 11.4 Å². The normalized spacial score (nSPS) is 18.9. The van der Waals surface area contributed by atoms with E-state index < -0.39 is 0 Å². The number of hydrazone groups is 1. The Kier molecular flexibility index (Phi) is 5.28. The maximum atomic E-state index is 11.7. The molecule has 0 saturated carbocycles. The van der Waals surface area contributed by atoms with Crippen LogP contribution in [0.4, 0.5) is 4.79 Å². The quantitative estimate of drug-likeness (QED) is 0.719. The monoisotopic (exact) mass is 415 g/mol. The number of aliphatic imine (C=N–C) groups is 1. The van der Waals surface area contributed by atoms with Crippen molar-refractivity contribution in [2.24, 2.45) is 10.1 Å². The number of carbonyl (C=O) groups is 1. The predicted molar refractivity (Wildman–Crippen MR) is 112 cm³/mol. The molecule has 2 heterocycles. The number of amidine groups is 1. The highest BCUT2D eigenvalue weighted by Gasteiger charge is 2.34. The van der Waals surface area contributed by atoms with E-state index in [0.29, 0.717) is 34.5 Å². The summed E-state index contributed by atoms with van der Waals surface area (Å²) >= 11 is 7.20. The third-order valence-corrected chi connectivity index (χ3v) is 5.68. The van der Waals surface area contributed by atoms with Crippen LogP contribution in [-0.2, 0) is 0 Å². The van der Waals surface area contributed by atoms with Crippen molar-refractivity contribution in [1.29, 1.82) is 0 Å². The summed E-state index contributed by atoms with van der Waals surface area (Å²) in [6, 6.07) is 13.3. The molecule has 144 valence electrons. The smallest absolute Gasteiger partial charge is 0.307 e. The molecule has 0 aromatic heterocycles. The lowest BCUT2D eigenvalue weighted by Crippen LogP contribution is -2.27. The van der Waals surface area contributed by atoms with Crippen LogP contribution in [0.2, 0.25) is 5.02 Å². The Morgan fingerprint density at radius 2 is 1.86 bits per heavy atom. The fourth-order valence-electron chi connectivity index (χ4n) is 3.30. The summed E-state index contributed by atoms with van der Waals surface area (Å²) in [4.78, 5) is 15.8. The number of rotatable bonds is 4. The number of hydrogen-bond donors (Lipinski definition) is 0. The van der Waals surface area contributed by atoms with Crippen molar-refractivity contribution < 1.29 is 14.3 Å². The van der Waals surface area contributed by atoms with Gasteiger partial charge < -0.3 is 9.47 Å². The van der Waals surface area contributed by atoms with Crippen molar-refractivity contribution in [3.63, 3.8) is 0 Å². The molecule has 0 spiro atoms. The maximum absolute atomic E-state index is 11.7. The second kappa shape index (κ2) is 7.85. The number of halogens is 1. The van der Waals surface area contributed by atoms with Crippen LogP contribution in [0.15, 0.2) is 52.6 Å². The third-order valence-electron chi connectivity index (χ3n) is 4.69. The summed E-state index contributed by atoms with van der Waals surface area (Å²) in [6.07, 6.45) is 0.676. The van der Waals surface area contributed by atoms with Gasteiger partial charge in [-0.2, -0.15) is 10.1 Å². The van der Waals surface area contributed by atoms with Gasteiger partial charge in [0.15, 0.2) is 11.5 Å². The Morgan fingerprint density at radius 3 is 2.50 bits per heavy atom. The van der Waals surface area contributed by atoms with Crippen molar-refractivity contribution in [2.45, 2.75) is 12.5 Å². The molecular formula is C20H18ClN3O3S. The Hall–Kier alpha value is -2.51. The number of nitrogens with zero attached hydrogens (tertiary/aromatic N) is 3. The minimum absolute atomic E-state index is 0.0873. The largest absolute Gasteiger partial charge is 0.493 e. The van der Waals surface area contributed by atoms with E-state index in [0.717, 1.165) is 16.8 Å². The lowest BCUT2D eigenvalue weighted by Gasteiger charge is -2.23. The second-order valence-corrected chi connectivity index (χ2v) is 7.68. The van der Waals surface area contributed by atoms with E-state index in [-0.39, 0.29) is 11.3 Å². The minimum atomic E-state index is -0.184. The Balaban J connectivity index is 1.72. The molecule has 1 unspecified atom stereocenters. The summed E-state index contributed by atoms with van der Waals surface area (Å²) < 4.78 is 10.8. The van der Waals surface area contributed by atoms with Crippen molar-refractivity contribution in [1.82, 2.24) is 5.01 Å². The number of methoxy groups -OCH3 is 2. The van der Waals surface area contributed by atoms with Crippen molar-refractivity contribution >= 4 is 40.1 Å². The number of carbonyl (C=O) groups excluding carboxylic acids is 1. The van der Waals surface area contributed by atoms with Crippen molar-refractivity contribution in [3.8, 4) is 11.5 Å². The average molecular weight is 416 g/mol. The fourth-order valence-corrected chi connectivity index (χ4v) is 4.04. The first-order valence-corrected chi connectivity index (χ1v) is 10.0. The van der Waals surface area contributed by atoms with E-state index in [1.54, 1.807) is 14.2 Å². The highest BCUT2D eigenvalue weighted by molar-refractivity contribution is 8.14. The van der Waals surface area contributed by atoms with Crippen LogP contribution in [0.3, 0.4) is 0 Å². The van der Waals surface area contributed by atoms with Crippen molar-refractivity contribution in [2.75, 3.05) is 20.0 Å². The molecule has 0 aliphatic carbocycles. The molecule has 0 N–H and O–H groups in total. The van der Waals surface area contributed by atoms with Gasteiger partial charge in [-0.25, -0.2) is 5.01 Å². The molecule has 8 heteroatoms. The van der Waals surface area contributed by atoms with Gasteiger partial charge >= 0.3 is 5.24 Å². The van der Waals surface area contributed by atoms with Crippen LogP contribution >= 0.6 is 23.4 Å². The van der Waals surface area contributed by atoms with Gasteiger partial charge in [0.2, 0.25) is 0 Å². The first-order valence-electron chi connectivity index (χ1n) is 8.68. The van der Waals surface area contributed by atoms with Crippen LogP contribution in [0.25, 0.3) is 0 Å². The molecule has 1 amide bonds. The molecular weight excluding hydrogens is 398 g/mol. The summed E-state index contributed by atoms with van der Waals surface area (Å²) in [5.74, 6) is 2.50. The molecule has 6 nitrogen and oxygen atoms in total. The van der Waals surface area contributed by atoms with Crippen LogP contribution in [0.5, 0.6) is 11.5 Å². The number of thioether (sulfide) groups is 1. The number of benzene rings is 2. The minimum Gasteiger partial charge on any atom is -0.493 e. The van der Waals surface area contributed by atoms with E-state index in [4.69, 9.17) is 26.2 Å². The molecule has 0 bridgehead atoms. The van der Waals surface area contributed by atoms with E-state index in [9.17, 15) is 4.79 Å². The number of amides is 1. The molecule has 0 fully saturated rings. The standard InChI is InChI=1S/C20H18ClN3O3S/c1-26-17-8-5-13(9-18(17)27-2)16-10-15(12-3-6-14(21)7-4-12)23-24(16)19-11-28-20(25)22-19/h3-9,16H,10-11H2,1-2H3. The Morgan fingerprint density at radius 1 is 1.11 bits per heavy atom. The van der Waals surface area contributed by atoms with Crippen LogP contribution in [0.1, 0.15) is 23.6 Å². The molecule has 2 aliphatic rings. The molecule has 2 aliphatic heterocycles. The van der Waals surface area contributed by atoms with Crippen LogP contribution < -0.4 is 9.47 Å². The lowest BCUT2D eigenvalue weighted by molar-refractivity contribution is 0.267. The van der Waals surface area contributed by atoms with Crippen LogP contribution in [0, 0.1) is 0 Å². The summed E-state index contributed by atoms with van der Waals surface area (Å²) in [5.41, 5.74) is 2.93. The van der Waals surface area contributed by atoms with Gasteiger partial charge in [0.05, 0.1) is 31.7 Å². The molecule has 4 rings (SSSR count). The first-order chi connectivity index (χ1) is 13.6. The maximum Gasteiger partial charge on any atom is 0.307 e. The van der Waals surface area contributed by atoms with Gasteiger partial charge in [0.25, 0.3) is 0 Å². The van der Waals surface area contributed by atoms with Gasteiger partial charge in [-0.15, -0.1) is 0 Å². The van der Waals surface area contributed by atoms with E-state index >= 15 is 0 Å². The highest BCUT2D eigenvalue weighted by atomic mass is 35.5. The summed E-state index contributed by atoms with van der Waals surface area (Å²) in [6.45, 7) is 0. The molecule has 0 radical (unpaired) electrons. The molecule has 1 atom stereocenters. The third kappa shape index (κ3) is 3.59. The zero-order valence-corrected chi connectivity index (χ0v) is 17.0. The van der Waals surface area contributed by atoms with E-state index in [2.05, 4.69) is 4.99 Å². The zero-order chi connectivity index (χ0) is 19.7. The molecule has 0 saturated heterocycles. The summed E-state index contributed by atoms with van der Waals surface area (Å²) in [5, 5.41) is 7.14. The van der Waals surface area contributed by atoms with Crippen LogP contribution in [-0.4, -0.2) is 41.8 Å². The molecule has 2 aromatic rings. The van der Waals surface area contributed by atoms with Gasteiger partial charge in [-0.05, 0) is 35.4 Å². The van der Waals surface area contributed by atoms with Gasteiger partial charge in [-0.1, -0.05) is 41.6 Å². The fraction of sp³-hybridized carbons (Fsp3) is 0.250. The van der Waals surface area contributed by atoms with E-state index in [1.165, 1.54) is 11.8 Å². The number of ether oxygens (including phenoxy) is 2. The molecule has 28 heavy (non-hydrogen) atoms. The van der Waals surface area contributed by atoms with Gasteiger partial charge in [-0.3, -0.25) is 4.79 Å². The second-order valence-electron chi connectivity index (χ2n) is 6.32. The molecule has 2 aromatic carbocycles. The summed E-state index contributed by atoms with van der Waals surface area (Å²) in [7, 11) is 3.22. The number of hydrogen-bond acceptors (Lipinski definition) is 6. The van der Waals surface area contributed by atoms with Crippen molar-refractivity contribution in [3.05, 3.63) is 58.6 Å². The average Bonchev–Trinajstić information content (AvgIpc) is 3.34. The predicted octanol–water partition coefficient (Wildman–Crippen LogP) is 4.77. The highest BCUT2D eigenvalue weighted by Crippen LogP contribution is 2.38. The zero-order valence-electron chi connectivity index (χ0n) is 15.4. The van der Waals surface area contributed by atoms with Gasteiger partial charge in [0.1, 0.15) is 5.84 Å². The Labute approximate surface area is 172 Å². The van der Waals surface area contributed by atoms with E-state index in [1.807, 2.05) is 47.5 Å². The lowest BCUT2D eigenvalue weighted by atomic mass is 9.98. The topological polar surface area (TPSA) is 63.5 Å². The Bertz CT molecular complexity index is 975. The SMILES string of the molecule is COc1ccc(C2CC(c3ccc(Cl)cc3)=NN2C2=NC(=O)SC2)cc1OC. The first kappa shape index (κ1) is 18.8.